The number of hydrogen-bond donors (Lipinski definition) is 1. The molecule has 0 aliphatic rings. The standard InChI is InChI=1S/C17H25N3O6/c1-4-5-6-7-8-9-10-20(2,3)16-14(18(23)24)11-13(17(21)22)12-15(16)19(25)26/h11-12H,4-10H2,1-3H3/p+1. The molecule has 0 fully saturated rings. The lowest BCUT2D eigenvalue weighted by molar-refractivity contribution is -0.393. The second-order valence-electron chi connectivity index (χ2n) is 6.86. The third-order valence-electron chi connectivity index (χ3n) is 4.39. The quantitative estimate of drug-likeness (QED) is 0.271. The van der Waals surface area contributed by atoms with Crippen LogP contribution in [0.15, 0.2) is 12.1 Å². The smallest absolute Gasteiger partial charge is 0.337 e. The first-order valence-corrected chi connectivity index (χ1v) is 8.65. The van der Waals surface area contributed by atoms with Gasteiger partial charge in [0.25, 0.3) is 5.69 Å². The first kappa shape index (κ1) is 21.5. The number of nitro groups is 2. The van der Waals surface area contributed by atoms with Gasteiger partial charge in [-0.2, -0.15) is 0 Å². The molecule has 0 radical (unpaired) electrons. The first-order valence-electron chi connectivity index (χ1n) is 8.65. The Morgan fingerprint density at radius 2 is 1.46 bits per heavy atom. The van der Waals surface area contributed by atoms with E-state index in [2.05, 4.69) is 6.92 Å². The monoisotopic (exact) mass is 368 g/mol. The molecular formula is C17H26N3O6+. The molecule has 1 aromatic carbocycles. The van der Waals surface area contributed by atoms with Crippen LogP contribution in [0.25, 0.3) is 0 Å². The number of carboxylic acids is 1. The van der Waals surface area contributed by atoms with Gasteiger partial charge in [-0.05, 0) is 12.8 Å². The maximum absolute atomic E-state index is 11.4. The second-order valence-corrected chi connectivity index (χ2v) is 6.86. The number of benzene rings is 1. The molecule has 0 atom stereocenters. The predicted octanol–water partition coefficient (Wildman–Crippen LogP) is 4.13. The molecule has 0 spiro atoms. The van der Waals surface area contributed by atoms with E-state index in [1.165, 1.54) is 0 Å². The molecular weight excluding hydrogens is 342 g/mol. The minimum atomic E-state index is -1.44. The molecule has 9 heteroatoms. The summed E-state index contributed by atoms with van der Waals surface area (Å²) >= 11 is 0. The van der Waals surface area contributed by atoms with Crippen molar-refractivity contribution in [3.8, 4) is 0 Å². The summed E-state index contributed by atoms with van der Waals surface area (Å²) in [6.45, 7) is 2.61. The lowest BCUT2D eigenvalue weighted by Gasteiger charge is -2.28. The molecule has 1 N–H and O–H groups in total. The Balaban J connectivity index is 3.20. The molecule has 0 amide bonds. The average molecular weight is 368 g/mol. The molecule has 0 heterocycles. The van der Waals surface area contributed by atoms with Crippen molar-refractivity contribution < 1.29 is 19.7 Å². The van der Waals surface area contributed by atoms with E-state index in [0.717, 1.165) is 50.7 Å². The number of nitrogens with zero attached hydrogens (tertiary/aromatic N) is 3. The Morgan fingerprint density at radius 3 is 1.88 bits per heavy atom. The van der Waals surface area contributed by atoms with Crippen molar-refractivity contribution in [2.75, 3.05) is 20.6 Å². The van der Waals surface area contributed by atoms with Gasteiger partial charge in [0, 0.05) is 12.1 Å². The summed E-state index contributed by atoms with van der Waals surface area (Å²) in [5, 5.41) is 32.0. The van der Waals surface area contributed by atoms with E-state index in [4.69, 9.17) is 5.11 Å². The van der Waals surface area contributed by atoms with Gasteiger partial charge in [0.1, 0.15) is 0 Å². The summed E-state index contributed by atoms with van der Waals surface area (Å²) in [4.78, 5) is 32.5. The van der Waals surface area contributed by atoms with E-state index < -0.39 is 32.8 Å². The van der Waals surface area contributed by atoms with E-state index in [1.54, 1.807) is 14.1 Å². The summed E-state index contributed by atoms with van der Waals surface area (Å²) in [6, 6.07) is 1.79. The van der Waals surface area contributed by atoms with Gasteiger partial charge in [-0.25, -0.2) is 4.79 Å². The Kier molecular flexibility index (Phi) is 7.63. The van der Waals surface area contributed by atoms with Crippen LogP contribution >= 0.6 is 0 Å². The molecule has 0 bridgehead atoms. The molecule has 9 nitrogen and oxygen atoms in total. The number of hydrogen-bond acceptors (Lipinski definition) is 5. The zero-order chi connectivity index (χ0) is 19.9. The van der Waals surface area contributed by atoms with Crippen LogP contribution in [-0.4, -0.2) is 41.6 Å². The fourth-order valence-electron chi connectivity index (χ4n) is 3.03. The SMILES string of the molecule is CCCCCCCC[N+](C)(C)c1c([N+](=O)[O-])cc(C(=O)O)cc1[N+](=O)[O-]. The molecule has 26 heavy (non-hydrogen) atoms. The van der Waals surface area contributed by atoms with Crippen LogP contribution in [0.4, 0.5) is 17.1 Å². The number of rotatable bonds is 11. The molecule has 0 aliphatic heterocycles. The number of nitro benzene ring substituents is 2. The lowest BCUT2D eigenvalue weighted by Crippen LogP contribution is -2.42. The summed E-state index contributed by atoms with van der Waals surface area (Å²) in [5.41, 5.74) is -1.61. The van der Waals surface area contributed by atoms with Crippen molar-refractivity contribution in [1.82, 2.24) is 4.48 Å². The Labute approximate surface area is 152 Å². The number of aromatic carboxylic acids is 1. The van der Waals surface area contributed by atoms with E-state index in [1.807, 2.05) is 0 Å². The Morgan fingerprint density at radius 1 is 1.00 bits per heavy atom. The van der Waals surface area contributed by atoms with Crippen LogP contribution in [0.2, 0.25) is 0 Å². The molecule has 0 aliphatic carbocycles. The summed E-state index contributed by atoms with van der Waals surface area (Å²) in [7, 11) is 3.34. The number of carboxylic acid groups (broad SMARTS) is 1. The fraction of sp³-hybridized carbons (Fsp3) is 0.588. The van der Waals surface area contributed by atoms with E-state index in [-0.39, 0.29) is 10.2 Å². The largest absolute Gasteiger partial charge is 0.478 e. The summed E-state index contributed by atoms with van der Waals surface area (Å²) in [6.07, 6.45) is 6.18. The highest BCUT2D eigenvalue weighted by molar-refractivity contribution is 5.92. The minimum Gasteiger partial charge on any atom is -0.478 e. The number of unbranched alkanes of at least 4 members (excludes halogenated alkanes) is 5. The fourth-order valence-corrected chi connectivity index (χ4v) is 3.03. The first-order chi connectivity index (χ1) is 12.1. The van der Waals surface area contributed by atoms with E-state index >= 15 is 0 Å². The van der Waals surface area contributed by atoms with Crippen molar-refractivity contribution in [2.24, 2.45) is 0 Å². The van der Waals surface area contributed by atoms with Gasteiger partial charge in [0.15, 0.2) is 0 Å². The van der Waals surface area contributed by atoms with E-state index in [9.17, 15) is 25.0 Å². The van der Waals surface area contributed by atoms with Crippen LogP contribution in [0.3, 0.4) is 0 Å². The highest BCUT2D eigenvalue weighted by atomic mass is 16.6. The third-order valence-corrected chi connectivity index (χ3v) is 4.39. The predicted molar refractivity (Wildman–Crippen MR) is 98.6 cm³/mol. The molecule has 0 saturated carbocycles. The van der Waals surface area contributed by atoms with Gasteiger partial charge < -0.3 is 5.11 Å². The highest BCUT2D eigenvalue weighted by Crippen LogP contribution is 2.41. The van der Waals surface area contributed by atoms with Crippen LogP contribution in [0.1, 0.15) is 55.8 Å². The van der Waals surface area contributed by atoms with Gasteiger partial charge in [-0.15, -0.1) is 0 Å². The molecule has 1 aromatic rings. The van der Waals surface area contributed by atoms with Gasteiger partial charge in [-0.1, -0.05) is 32.6 Å². The lowest BCUT2D eigenvalue weighted by atomic mass is 10.1. The summed E-state index contributed by atoms with van der Waals surface area (Å²) in [5.74, 6) is -1.44. The van der Waals surface area contributed by atoms with Gasteiger partial charge in [0.05, 0.1) is 36.1 Å². The maximum Gasteiger partial charge on any atom is 0.337 e. The molecule has 0 aromatic heterocycles. The van der Waals surface area contributed by atoms with Crippen molar-refractivity contribution >= 4 is 23.0 Å². The van der Waals surface area contributed by atoms with Crippen molar-refractivity contribution in [2.45, 2.75) is 45.4 Å². The highest BCUT2D eigenvalue weighted by Gasteiger charge is 2.39. The van der Waals surface area contributed by atoms with Crippen LogP contribution in [0.5, 0.6) is 0 Å². The molecule has 1 rings (SSSR count). The molecule has 0 unspecified atom stereocenters. The normalized spacial score (nSPS) is 11.3. The van der Waals surface area contributed by atoms with Gasteiger partial charge in [0.2, 0.25) is 0 Å². The topological polar surface area (TPSA) is 124 Å². The van der Waals surface area contributed by atoms with Crippen LogP contribution in [-0.2, 0) is 0 Å². The Bertz CT molecular complexity index is 652. The Hall–Kier alpha value is -2.55. The molecule has 0 saturated heterocycles. The average Bonchev–Trinajstić information content (AvgIpc) is 2.56. The van der Waals surface area contributed by atoms with Crippen molar-refractivity contribution in [3.63, 3.8) is 0 Å². The van der Waals surface area contributed by atoms with Crippen molar-refractivity contribution in [1.29, 1.82) is 0 Å². The zero-order valence-electron chi connectivity index (χ0n) is 15.4. The summed E-state index contributed by atoms with van der Waals surface area (Å²) < 4.78 is -0.0553. The maximum atomic E-state index is 11.4. The molecule has 144 valence electrons. The van der Waals surface area contributed by atoms with Crippen molar-refractivity contribution in [3.05, 3.63) is 37.9 Å². The van der Waals surface area contributed by atoms with Gasteiger partial charge in [-0.3, -0.25) is 24.7 Å². The second kappa shape index (κ2) is 9.23. The zero-order valence-corrected chi connectivity index (χ0v) is 15.4. The van der Waals surface area contributed by atoms with Crippen LogP contribution < -0.4 is 4.48 Å². The minimum absolute atomic E-state index is 0.0553. The van der Waals surface area contributed by atoms with E-state index in [0.29, 0.717) is 6.54 Å². The van der Waals surface area contributed by atoms with Crippen LogP contribution in [0, 0.1) is 20.2 Å². The number of carbonyl (C=O) groups is 1. The number of quaternary nitrogens is 1. The third kappa shape index (κ3) is 5.48. The van der Waals surface area contributed by atoms with Gasteiger partial charge >= 0.3 is 17.3 Å².